The van der Waals surface area contributed by atoms with Gasteiger partial charge in [-0.1, -0.05) is 23.4 Å². The highest BCUT2D eigenvalue weighted by Gasteiger charge is 2.23. The minimum atomic E-state index is -0.568. The van der Waals surface area contributed by atoms with Gasteiger partial charge in [-0.05, 0) is 30.7 Å². The fraction of sp³-hybridized carbons (Fsp3) is 0.167. The molecule has 0 radical (unpaired) electrons. The summed E-state index contributed by atoms with van der Waals surface area (Å²) in [5.41, 5.74) is 0.481. The van der Waals surface area contributed by atoms with E-state index in [1.54, 1.807) is 30.3 Å². The minimum Gasteiger partial charge on any atom is -0.508 e. The van der Waals surface area contributed by atoms with Crippen LogP contribution in [0.2, 0.25) is 0 Å². The van der Waals surface area contributed by atoms with Crippen molar-refractivity contribution in [3.05, 3.63) is 70.3 Å². The van der Waals surface area contributed by atoms with Crippen molar-refractivity contribution in [3.63, 3.8) is 0 Å². The van der Waals surface area contributed by atoms with Crippen molar-refractivity contribution in [1.29, 1.82) is 0 Å². The van der Waals surface area contributed by atoms with Gasteiger partial charge >= 0.3 is 5.63 Å². The van der Waals surface area contributed by atoms with Crippen LogP contribution in [0.25, 0.3) is 11.0 Å². The van der Waals surface area contributed by atoms with Crippen LogP contribution in [0.3, 0.4) is 0 Å². The molecule has 25 heavy (non-hydrogen) atoms. The fourth-order valence-corrected chi connectivity index (χ4v) is 2.87. The molecule has 2 aromatic carbocycles. The van der Waals surface area contributed by atoms with Crippen molar-refractivity contribution in [3.8, 4) is 5.75 Å². The van der Waals surface area contributed by atoms with Crippen LogP contribution in [-0.4, -0.2) is 11.7 Å². The summed E-state index contributed by atoms with van der Waals surface area (Å²) in [6.45, 7) is 0.414. The molecule has 126 valence electrons. The molecular weight excluding hydrogens is 325 g/mol. The lowest BCUT2D eigenvalue weighted by Gasteiger charge is -2.24. The Morgan fingerprint density at radius 2 is 2.04 bits per heavy atom. The number of phenols is 1. The third-order valence-electron chi connectivity index (χ3n) is 4.16. The van der Waals surface area contributed by atoms with Gasteiger partial charge in [-0.15, -0.1) is 0 Å². The third kappa shape index (κ3) is 2.84. The normalized spacial score (nSPS) is 17.2. The number of phenolic OH excluding ortho intramolecular Hbond substituents is 1. The summed E-state index contributed by atoms with van der Waals surface area (Å²) in [5, 5.41) is 19.8. The van der Waals surface area contributed by atoms with Crippen LogP contribution >= 0.6 is 0 Å². The van der Waals surface area contributed by atoms with Gasteiger partial charge in [-0.2, -0.15) is 5.11 Å². The Bertz CT molecular complexity index is 1030. The maximum Gasteiger partial charge on any atom is 0.362 e. The first kappa shape index (κ1) is 15.3. The van der Waals surface area contributed by atoms with Gasteiger partial charge in [0.1, 0.15) is 28.9 Å². The van der Waals surface area contributed by atoms with E-state index in [0.717, 1.165) is 0 Å². The van der Waals surface area contributed by atoms with Crippen molar-refractivity contribution in [2.45, 2.75) is 12.5 Å². The molecule has 0 bridgehead atoms. The third-order valence-corrected chi connectivity index (χ3v) is 4.16. The van der Waals surface area contributed by atoms with E-state index < -0.39 is 5.63 Å². The molecule has 1 unspecified atom stereocenters. The Labute approximate surface area is 141 Å². The summed E-state index contributed by atoms with van der Waals surface area (Å²) in [4.78, 5) is 12.2. The van der Waals surface area contributed by atoms with Gasteiger partial charge in [0.15, 0.2) is 0 Å². The molecule has 1 N–H and O–H groups in total. The Morgan fingerprint density at radius 3 is 2.80 bits per heavy atom. The summed E-state index contributed by atoms with van der Waals surface area (Å²) >= 11 is 0. The molecule has 0 saturated carbocycles. The molecular formula is C18H14FN3O3. The summed E-state index contributed by atoms with van der Waals surface area (Å²) in [5.74, 6) is -0.293. The summed E-state index contributed by atoms with van der Waals surface area (Å²) in [6.07, 6.45) is 0.525. The first-order valence-corrected chi connectivity index (χ1v) is 7.81. The Balaban J connectivity index is 1.66. The lowest BCUT2D eigenvalue weighted by Crippen LogP contribution is -2.27. The van der Waals surface area contributed by atoms with Crippen LogP contribution in [0.1, 0.15) is 18.0 Å². The fourth-order valence-electron chi connectivity index (χ4n) is 2.87. The largest absolute Gasteiger partial charge is 0.508 e. The number of nitrogens with zero attached hydrogens (tertiary/aromatic N) is 3. The molecule has 4 rings (SSSR count). The highest BCUT2D eigenvalue weighted by atomic mass is 19.1. The van der Waals surface area contributed by atoms with Gasteiger partial charge < -0.3 is 9.52 Å². The summed E-state index contributed by atoms with van der Waals surface area (Å²) in [7, 11) is 0. The number of aromatic hydroxyl groups is 1. The molecule has 0 saturated heterocycles. The van der Waals surface area contributed by atoms with Crippen LogP contribution in [0.4, 0.5) is 10.1 Å². The SMILES string of the molecule is O=c1oc2cc(O)ccc2cc1N1CCC(c2ccccc2F)N=N1. The summed E-state index contributed by atoms with van der Waals surface area (Å²) < 4.78 is 19.1. The summed E-state index contributed by atoms with van der Waals surface area (Å²) in [6, 6.07) is 12.3. The van der Waals surface area contributed by atoms with Gasteiger partial charge in [-0.25, -0.2) is 14.2 Å². The molecule has 0 aliphatic carbocycles. The molecule has 1 aromatic heterocycles. The molecule has 2 heterocycles. The van der Waals surface area contributed by atoms with E-state index >= 15 is 0 Å². The van der Waals surface area contributed by atoms with Gasteiger partial charge in [0.05, 0.1) is 0 Å². The number of halogens is 1. The second kappa shape index (κ2) is 6.01. The molecule has 1 atom stereocenters. The van der Waals surface area contributed by atoms with Crippen LogP contribution in [0.15, 0.2) is 68.1 Å². The van der Waals surface area contributed by atoms with Crippen molar-refractivity contribution in [2.75, 3.05) is 11.6 Å². The lowest BCUT2D eigenvalue weighted by atomic mass is 10.0. The maximum atomic E-state index is 13.9. The Hall–Kier alpha value is -3.22. The van der Waals surface area contributed by atoms with Crippen LogP contribution in [0, 0.1) is 5.82 Å². The van der Waals surface area contributed by atoms with Crippen LogP contribution < -0.4 is 10.6 Å². The van der Waals surface area contributed by atoms with E-state index in [1.165, 1.54) is 23.2 Å². The van der Waals surface area contributed by atoms with E-state index in [2.05, 4.69) is 10.3 Å². The number of anilines is 1. The van der Waals surface area contributed by atoms with Gasteiger partial charge in [-0.3, -0.25) is 0 Å². The van der Waals surface area contributed by atoms with E-state index in [1.807, 2.05) is 0 Å². The number of hydrogen-bond acceptors (Lipinski definition) is 6. The predicted molar refractivity (Wildman–Crippen MR) is 90.1 cm³/mol. The average molecular weight is 339 g/mol. The van der Waals surface area contributed by atoms with Crippen molar-refractivity contribution in [2.24, 2.45) is 10.3 Å². The Kier molecular flexibility index (Phi) is 3.68. The minimum absolute atomic E-state index is 0.0220. The van der Waals surface area contributed by atoms with E-state index in [9.17, 15) is 14.3 Å². The zero-order chi connectivity index (χ0) is 17.4. The van der Waals surface area contributed by atoms with E-state index in [0.29, 0.717) is 29.5 Å². The molecule has 1 aliphatic rings. The van der Waals surface area contributed by atoms with Gasteiger partial charge in [0, 0.05) is 23.6 Å². The second-order valence-corrected chi connectivity index (χ2v) is 5.80. The van der Waals surface area contributed by atoms with Crippen LogP contribution in [-0.2, 0) is 0 Å². The quantitative estimate of drug-likeness (QED) is 0.717. The highest BCUT2D eigenvalue weighted by molar-refractivity contribution is 5.80. The zero-order valence-corrected chi connectivity index (χ0v) is 13.1. The van der Waals surface area contributed by atoms with Crippen molar-refractivity contribution in [1.82, 2.24) is 0 Å². The van der Waals surface area contributed by atoms with Gasteiger partial charge in [0.2, 0.25) is 0 Å². The van der Waals surface area contributed by atoms with Crippen molar-refractivity contribution >= 4 is 16.7 Å². The van der Waals surface area contributed by atoms with E-state index in [-0.39, 0.29) is 23.3 Å². The molecule has 0 amide bonds. The standard InChI is InChI=1S/C18H14FN3O3/c19-14-4-2-1-3-13(14)15-7-8-22(21-20-15)16-9-11-5-6-12(23)10-17(11)25-18(16)24/h1-6,9-10,15,23H,7-8H2. The lowest BCUT2D eigenvalue weighted by molar-refractivity contribution is 0.472. The predicted octanol–water partition coefficient (Wildman–Crippen LogP) is 3.96. The number of rotatable bonds is 2. The number of benzene rings is 2. The zero-order valence-electron chi connectivity index (χ0n) is 13.1. The average Bonchev–Trinajstić information content (AvgIpc) is 2.62. The Morgan fingerprint density at radius 1 is 1.20 bits per heavy atom. The molecule has 1 aliphatic heterocycles. The van der Waals surface area contributed by atoms with Crippen LogP contribution in [0.5, 0.6) is 5.75 Å². The molecule has 6 nitrogen and oxygen atoms in total. The van der Waals surface area contributed by atoms with Gasteiger partial charge in [0.25, 0.3) is 0 Å². The van der Waals surface area contributed by atoms with Crippen molar-refractivity contribution < 1.29 is 13.9 Å². The highest BCUT2D eigenvalue weighted by Crippen LogP contribution is 2.30. The molecule has 7 heteroatoms. The van der Waals surface area contributed by atoms with E-state index in [4.69, 9.17) is 4.42 Å². The number of hydrogen-bond donors (Lipinski definition) is 1. The molecule has 0 spiro atoms. The first-order chi connectivity index (χ1) is 12.1. The topological polar surface area (TPSA) is 78.4 Å². The first-order valence-electron chi connectivity index (χ1n) is 7.81. The molecule has 0 fully saturated rings. The maximum absolute atomic E-state index is 13.9. The number of fused-ring (bicyclic) bond motifs is 1. The monoisotopic (exact) mass is 339 g/mol. The second-order valence-electron chi connectivity index (χ2n) is 5.80. The molecule has 3 aromatic rings. The smallest absolute Gasteiger partial charge is 0.362 e.